The minimum absolute atomic E-state index is 0.173. The van der Waals surface area contributed by atoms with Gasteiger partial charge in [0.25, 0.3) is 0 Å². The maximum Gasteiger partial charge on any atom is 0.162 e. The average molecular weight is 744 g/mol. The summed E-state index contributed by atoms with van der Waals surface area (Å²) in [5, 5.41) is 2.82. The Labute approximate surface area is 346 Å². The van der Waals surface area contributed by atoms with Crippen molar-refractivity contribution < 1.29 is 19.2 Å². The molecule has 7 heteroatoms. The molecule has 7 nitrogen and oxygen atoms in total. The fraction of sp³-hybridized carbons (Fsp3) is 0. The lowest BCUT2D eigenvalue weighted by Gasteiger charge is -2.21. The molecular formula is C50H31N7. The predicted octanol–water partition coefficient (Wildman–Crippen LogP) is 11.9. The Morgan fingerprint density at radius 2 is 1.02 bits per heavy atom. The first-order chi connectivity index (χ1) is 34.1. The van der Waals surface area contributed by atoms with Crippen LogP contribution in [-0.2, 0) is 0 Å². The molecule has 0 amide bonds. The van der Waals surface area contributed by atoms with Crippen molar-refractivity contribution >= 4 is 65.4 Å². The average Bonchev–Trinajstić information content (AvgIpc) is 4.04. The van der Waals surface area contributed by atoms with E-state index in [-0.39, 0.29) is 33.1 Å². The monoisotopic (exact) mass is 743 g/mol. The standard InChI is InChI=1S/C50H31N7/c1-2-13-32(14-3-1)50-53-40(29-48(54-50)56-42-21-9-4-15-33(42)34-16-5-10-22-43(34)56)37-19-12-24-47(55-41-20-8-6-17-35(41)38-30-51-27-25-45(38)55)49(37)57-44-23-11-7-18-36(44)39-31-52-28-26-46(39)57/h1-31H/i1D,2D,3D,4D,5D,9D,10D,13D,14D,15D,16D,21D,22D,29D. The van der Waals surface area contributed by atoms with Gasteiger partial charge in [-0.1, -0.05) is 115 Å². The van der Waals surface area contributed by atoms with Gasteiger partial charge in [-0.15, -0.1) is 0 Å². The van der Waals surface area contributed by atoms with Crippen molar-refractivity contribution in [1.82, 2.24) is 33.6 Å². The summed E-state index contributed by atoms with van der Waals surface area (Å²) in [4.78, 5) is 18.7. The van der Waals surface area contributed by atoms with Gasteiger partial charge in [0.15, 0.2) is 5.82 Å². The lowest BCUT2D eigenvalue weighted by atomic mass is 10.1. The van der Waals surface area contributed by atoms with Gasteiger partial charge in [0.05, 0.1) is 69.4 Å². The molecule has 0 atom stereocenters. The minimum atomic E-state index is -0.704. The van der Waals surface area contributed by atoms with Crippen molar-refractivity contribution in [2.24, 2.45) is 0 Å². The van der Waals surface area contributed by atoms with Crippen molar-refractivity contribution in [3.63, 3.8) is 0 Å². The van der Waals surface area contributed by atoms with Gasteiger partial charge in [-0.05, 0) is 42.4 Å². The first-order valence-corrected chi connectivity index (χ1v) is 17.9. The number of pyridine rings is 2. The van der Waals surface area contributed by atoms with E-state index in [4.69, 9.17) is 25.0 Å². The largest absolute Gasteiger partial charge is 0.307 e. The van der Waals surface area contributed by atoms with Gasteiger partial charge < -0.3 is 9.13 Å². The summed E-state index contributed by atoms with van der Waals surface area (Å²) in [5.74, 6) is -0.956. The lowest BCUT2D eigenvalue weighted by Crippen LogP contribution is -2.07. The van der Waals surface area contributed by atoms with Crippen molar-refractivity contribution in [2.75, 3.05) is 0 Å². The van der Waals surface area contributed by atoms with Gasteiger partial charge in [-0.2, -0.15) is 0 Å². The number of nitrogens with zero attached hydrogens (tertiary/aromatic N) is 7. The smallest absolute Gasteiger partial charge is 0.162 e. The van der Waals surface area contributed by atoms with Crippen LogP contribution in [0, 0.1) is 0 Å². The zero-order valence-electron chi connectivity index (χ0n) is 43.4. The van der Waals surface area contributed by atoms with Crippen LogP contribution in [0.25, 0.3) is 105 Å². The number of aromatic nitrogens is 7. The highest BCUT2D eigenvalue weighted by Crippen LogP contribution is 2.42. The second-order valence-corrected chi connectivity index (χ2v) is 13.3. The second kappa shape index (κ2) is 12.3. The van der Waals surface area contributed by atoms with E-state index in [9.17, 15) is 4.11 Å². The van der Waals surface area contributed by atoms with E-state index < -0.39 is 102 Å². The van der Waals surface area contributed by atoms with E-state index in [2.05, 4.69) is 14.5 Å². The molecule has 0 spiro atoms. The summed E-state index contributed by atoms with van der Waals surface area (Å²) < 4.78 is 131. The Balaban J connectivity index is 1.33. The second-order valence-electron chi connectivity index (χ2n) is 13.3. The summed E-state index contributed by atoms with van der Waals surface area (Å²) in [6, 6.07) is 15.4. The maximum atomic E-state index is 10.3. The molecule has 12 aromatic rings. The highest BCUT2D eigenvalue weighted by atomic mass is 15.1. The molecule has 0 radical (unpaired) electrons. The van der Waals surface area contributed by atoms with Gasteiger partial charge in [-0.3, -0.25) is 14.5 Å². The Bertz CT molecular complexity index is 4160. The van der Waals surface area contributed by atoms with Crippen LogP contribution in [0.15, 0.2) is 188 Å². The molecule has 6 heterocycles. The lowest BCUT2D eigenvalue weighted by molar-refractivity contribution is 1.04. The van der Waals surface area contributed by atoms with E-state index in [0.717, 1.165) is 42.7 Å². The molecule has 0 aliphatic rings. The number of hydrogen-bond donors (Lipinski definition) is 0. The molecule has 0 unspecified atom stereocenters. The van der Waals surface area contributed by atoms with E-state index in [0.29, 0.717) is 16.9 Å². The first-order valence-electron chi connectivity index (χ1n) is 24.9. The Kier molecular flexibility index (Phi) is 4.47. The molecule has 12 rings (SSSR count). The van der Waals surface area contributed by atoms with Gasteiger partial charge in [-0.25, -0.2) is 9.97 Å². The van der Waals surface area contributed by atoms with Crippen LogP contribution in [-0.4, -0.2) is 33.6 Å². The van der Waals surface area contributed by atoms with Crippen molar-refractivity contribution in [3.8, 4) is 39.8 Å². The fourth-order valence-electron chi connectivity index (χ4n) is 8.00. The van der Waals surface area contributed by atoms with Crippen molar-refractivity contribution in [3.05, 3.63) is 188 Å². The highest BCUT2D eigenvalue weighted by Gasteiger charge is 2.24. The quantitative estimate of drug-likeness (QED) is 0.176. The predicted molar refractivity (Wildman–Crippen MR) is 232 cm³/mol. The molecule has 57 heavy (non-hydrogen) atoms. The first kappa shape index (κ1) is 20.7. The number of para-hydroxylation sites is 5. The van der Waals surface area contributed by atoms with Crippen molar-refractivity contribution in [1.29, 1.82) is 0 Å². The zero-order chi connectivity index (χ0) is 49.6. The van der Waals surface area contributed by atoms with Crippen LogP contribution in [0.2, 0.25) is 0 Å². The van der Waals surface area contributed by atoms with Crippen LogP contribution in [0.3, 0.4) is 0 Å². The van der Waals surface area contributed by atoms with Gasteiger partial charge >= 0.3 is 0 Å². The molecule has 0 bridgehead atoms. The molecule has 266 valence electrons. The summed E-state index contributed by atoms with van der Waals surface area (Å²) in [7, 11) is 0. The molecule has 0 fully saturated rings. The molecular weight excluding hydrogens is 699 g/mol. The third-order valence-electron chi connectivity index (χ3n) is 10.3. The van der Waals surface area contributed by atoms with E-state index >= 15 is 0 Å². The Morgan fingerprint density at radius 1 is 0.439 bits per heavy atom. The molecule has 6 aromatic heterocycles. The molecule has 0 saturated carbocycles. The number of hydrogen-bond acceptors (Lipinski definition) is 4. The summed E-state index contributed by atoms with van der Waals surface area (Å²) in [6.07, 6.45) is 6.88. The number of rotatable bonds is 5. The van der Waals surface area contributed by atoms with Crippen LogP contribution < -0.4 is 0 Å². The van der Waals surface area contributed by atoms with Gasteiger partial charge in [0, 0.05) is 74.3 Å². The number of fused-ring (bicyclic) bond motifs is 9. The summed E-state index contributed by atoms with van der Waals surface area (Å²) in [5.41, 5.74) is 3.01. The van der Waals surface area contributed by atoms with Crippen LogP contribution in [0.5, 0.6) is 0 Å². The third-order valence-corrected chi connectivity index (χ3v) is 10.3. The summed E-state index contributed by atoms with van der Waals surface area (Å²) in [6.45, 7) is 0. The maximum absolute atomic E-state index is 10.3. The number of benzene rings is 6. The molecule has 0 N–H and O–H groups in total. The molecule has 0 aliphatic heterocycles. The third kappa shape index (κ3) is 4.66. The van der Waals surface area contributed by atoms with Crippen LogP contribution >= 0.6 is 0 Å². The topological polar surface area (TPSA) is 66.3 Å². The zero-order valence-corrected chi connectivity index (χ0v) is 29.4. The molecule has 0 saturated heterocycles. The van der Waals surface area contributed by atoms with E-state index in [1.807, 2.05) is 71.3 Å². The molecule has 0 aliphatic carbocycles. The molecule has 6 aromatic carbocycles. The van der Waals surface area contributed by atoms with Gasteiger partial charge in [0.1, 0.15) is 5.82 Å². The minimum Gasteiger partial charge on any atom is -0.307 e. The highest BCUT2D eigenvalue weighted by molar-refractivity contribution is 6.12. The summed E-state index contributed by atoms with van der Waals surface area (Å²) >= 11 is 0. The Morgan fingerprint density at radius 3 is 1.70 bits per heavy atom. The van der Waals surface area contributed by atoms with Gasteiger partial charge in [0.2, 0.25) is 0 Å². The SMILES string of the molecule is [2H]c1c(-c2cccc(-n3c4ccccc4c4cnccc43)c2-n2c3ccccc3c3cnccc32)nc(-c2c([2H])c([2H])c([2H])c([2H])c2[2H])nc1-n1c2c([2H])c([2H])c([2H])c([2H])c2c2c([2H])c([2H])c([2H])c([2H])c21. The normalized spacial score (nSPS) is 15.3. The van der Waals surface area contributed by atoms with E-state index in [1.54, 1.807) is 36.9 Å². The van der Waals surface area contributed by atoms with Crippen molar-refractivity contribution in [2.45, 2.75) is 0 Å². The fourth-order valence-corrected chi connectivity index (χ4v) is 8.00. The Hall–Kier alpha value is -7.90. The van der Waals surface area contributed by atoms with Crippen LogP contribution in [0.1, 0.15) is 19.2 Å². The van der Waals surface area contributed by atoms with Crippen LogP contribution in [0.4, 0.5) is 0 Å². The van der Waals surface area contributed by atoms with E-state index in [1.165, 1.54) is 0 Å².